The van der Waals surface area contributed by atoms with Gasteiger partial charge in [-0.3, -0.25) is 4.79 Å². The normalized spacial score (nSPS) is 12.5. The lowest BCUT2D eigenvalue weighted by Crippen LogP contribution is -2.32. The highest BCUT2D eigenvalue weighted by molar-refractivity contribution is 6.17. The monoisotopic (exact) mass is 229 g/mol. The quantitative estimate of drug-likeness (QED) is 0.789. The number of nitrogens with one attached hydrogen (secondary N) is 1. The first-order valence-corrected chi connectivity index (χ1v) is 5.59. The number of carbonyl (C=O) groups is 1. The van der Waals surface area contributed by atoms with Gasteiger partial charge in [0.15, 0.2) is 0 Å². The minimum atomic E-state index is -0.0803. The second-order valence-electron chi connectivity index (χ2n) is 3.60. The predicted octanol–water partition coefficient (Wildman–Crippen LogP) is 2.73. The van der Waals surface area contributed by atoms with E-state index in [9.17, 15) is 4.79 Å². The average molecular weight is 230 g/mol. The number of aryl methyl sites for hydroxylation is 1. The Morgan fingerprint density at radius 3 is 2.93 bits per heavy atom. The molecule has 1 aromatic heterocycles. The number of amides is 1. The summed E-state index contributed by atoms with van der Waals surface area (Å²) < 4.78 is 5.07. The molecule has 0 radical (unpaired) electrons. The van der Waals surface area contributed by atoms with E-state index in [0.29, 0.717) is 17.2 Å². The second-order valence-corrected chi connectivity index (χ2v) is 3.97. The fourth-order valence-corrected chi connectivity index (χ4v) is 1.53. The Morgan fingerprint density at radius 1 is 1.67 bits per heavy atom. The number of alkyl halides is 1. The lowest BCUT2D eigenvalue weighted by molar-refractivity contribution is 0.0937. The van der Waals surface area contributed by atoms with Crippen molar-refractivity contribution in [1.82, 2.24) is 5.32 Å². The van der Waals surface area contributed by atoms with Gasteiger partial charge in [0.1, 0.15) is 5.76 Å². The molecular formula is C11H16ClNO2. The molecule has 3 nitrogen and oxygen atoms in total. The summed E-state index contributed by atoms with van der Waals surface area (Å²) in [5, 5.41) is 2.90. The topological polar surface area (TPSA) is 42.2 Å². The van der Waals surface area contributed by atoms with E-state index in [1.165, 1.54) is 6.26 Å². The number of hydrogen-bond acceptors (Lipinski definition) is 2. The van der Waals surface area contributed by atoms with Crippen LogP contribution in [0.5, 0.6) is 0 Å². The van der Waals surface area contributed by atoms with Crippen LogP contribution in [0.2, 0.25) is 0 Å². The third-order valence-corrected chi connectivity index (χ3v) is 2.52. The zero-order valence-electron chi connectivity index (χ0n) is 9.05. The Kier molecular flexibility index (Phi) is 4.69. The Hall–Kier alpha value is -0.960. The SMILES string of the molecule is Cc1occc1C(=O)NC(C)CCCCl. The maximum Gasteiger partial charge on any atom is 0.255 e. The van der Waals surface area contributed by atoms with Gasteiger partial charge in [-0.15, -0.1) is 11.6 Å². The van der Waals surface area contributed by atoms with E-state index < -0.39 is 0 Å². The van der Waals surface area contributed by atoms with Gasteiger partial charge < -0.3 is 9.73 Å². The largest absolute Gasteiger partial charge is 0.469 e. The van der Waals surface area contributed by atoms with Gasteiger partial charge in [0.25, 0.3) is 5.91 Å². The Morgan fingerprint density at radius 2 is 2.40 bits per heavy atom. The highest BCUT2D eigenvalue weighted by atomic mass is 35.5. The summed E-state index contributed by atoms with van der Waals surface area (Å²) in [6.45, 7) is 3.75. The van der Waals surface area contributed by atoms with Gasteiger partial charge in [-0.05, 0) is 32.8 Å². The van der Waals surface area contributed by atoms with Crippen LogP contribution in [0.3, 0.4) is 0 Å². The number of furan rings is 1. The van der Waals surface area contributed by atoms with Gasteiger partial charge in [-0.2, -0.15) is 0 Å². The van der Waals surface area contributed by atoms with E-state index >= 15 is 0 Å². The summed E-state index contributed by atoms with van der Waals surface area (Å²) in [6.07, 6.45) is 3.33. The summed E-state index contributed by atoms with van der Waals surface area (Å²) in [7, 11) is 0. The van der Waals surface area contributed by atoms with Crippen LogP contribution < -0.4 is 5.32 Å². The van der Waals surface area contributed by atoms with E-state index in [1.54, 1.807) is 13.0 Å². The standard InChI is InChI=1S/C11H16ClNO2/c1-8(4-3-6-12)13-11(14)10-5-7-15-9(10)2/h5,7-8H,3-4,6H2,1-2H3,(H,13,14). The second kappa shape index (κ2) is 5.81. The molecule has 0 spiro atoms. The zero-order chi connectivity index (χ0) is 11.3. The van der Waals surface area contributed by atoms with Gasteiger partial charge in [-0.1, -0.05) is 0 Å². The van der Waals surface area contributed by atoms with Gasteiger partial charge in [-0.25, -0.2) is 0 Å². The highest BCUT2D eigenvalue weighted by Gasteiger charge is 2.13. The molecule has 0 saturated heterocycles. The molecule has 84 valence electrons. The Bertz CT molecular complexity index is 322. The van der Waals surface area contributed by atoms with Gasteiger partial charge in [0.2, 0.25) is 0 Å². The smallest absolute Gasteiger partial charge is 0.255 e. The van der Waals surface area contributed by atoms with Crippen LogP contribution in [0.4, 0.5) is 0 Å². The van der Waals surface area contributed by atoms with Crippen molar-refractivity contribution < 1.29 is 9.21 Å². The summed E-state index contributed by atoms with van der Waals surface area (Å²) in [4.78, 5) is 11.7. The van der Waals surface area contributed by atoms with E-state index in [0.717, 1.165) is 12.8 Å². The molecule has 0 bridgehead atoms. The van der Waals surface area contributed by atoms with E-state index in [4.69, 9.17) is 16.0 Å². The number of halogens is 1. The first-order chi connectivity index (χ1) is 7.15. The van der Waals surface area contributed by atoms with Gasteiger partial charge in [0, 0.05) is 11.9 Å². The van der Waals surface area contributed by atoms with Gasteiger partial charge >= 0.3 is 0 Å². The number of rotatable bonds is 5. The van der Waals surface area contributed by atoms with Crippen molar-refractivity contribution in [3.05, 3.63) is 23.7 Å². The van der Waals surface area contributed by atoms with Crippen molar-refractivity contribution in [1.29, 1.82) is 0 Å². The number of hydrogen-bond donors (Lipinski definition) is 1. The van der Waals surface area contributed by atoms with E-state index in [-0.39, 0.29) is 11.9 Å². The van der Waals surface area contributed by atoms with Crippen molar-refractivity contribution in [2.24, 2.45) is 0 Å². The third kappa shape index (κ3) is 3.59. The summed E-state index contributed by atoms with van der Waals surface area (Å²) in [6, 6.07) is 1.82. The molecule has 1 rings (SSSR count). The van der Waals surface area contributed by atoms with Crippen molar-refractivity contribution in [3.8, 4) is 0 Å². The van der Waals surface area contributed by atoms with Crippen LogP contribution >= 0.6 is 11.6 Å². The van der Waals surface area contributed by atoms with Gasteiger partial charge in [0.05, 0.1) is 11.8 Å². The molecule has 1 atom stereocenters. The molecule has 0 fully saturated rings. The molecule has 1 amide bonds. The summed E-state index contributed by atoms with van der Waals surface area (Å²) in [5.74, 6) is 1.20. The highest BCUT2D eigenvalue weighted by Crippen LogP contribution is 2.09. The van der Waals surface area contributed by atoms with Crippen molar-refractivity contribution >= 4 is 17.5 Å². The lowest BCUT2D eigenvalue weighted by Gasteiger charge is -2.12. The first kappa shape index (κ1) is 12.1. The molecule has 15 heavy (non-hydrogen) atoms. The van der Waals surface area contributed by atoms with Crippen LogP contribution in [0.15, 0.2) is 16.7 Å². The summed E-state index contributed by atoms with van der Waals surface area (Å²) >= 11 is 5.58. The number of carbonyl (C=O) groups excluding carboxylic acids is 1. The fourth-order valence-electron chi connectivity index (χ4n) is 1.38. The van der Waals surface area contributed by atoms with Crippen LogP contribution in [-0.2, 0) is 0 Å². The molecular weight excluding hydrogens is 214 g/mol. The molecule has 1 unspecified atom stereocenters. The van der Waals surface area contributed by atoms with Crippen molar-refractivity contribution in [2.75, 3.05) is 5.88 Å². The van der Waals surface area contributed by atoms with Crippen molar-refractivity contribution in [2.45, 2.75) is 32.7 Å². The Labute approximate surface area is 94.8 Å². The van der Waals surface area contributed by atoms with Crippen molar-refractivity contribution in [3.63, 3.8) is 0 Å². The van der Waals surface area contributed by atoms with Crippen LogP contribution in [0, 0.1) is 6.92 Å². The minimum absolute atomic E-state index is 0.0803. The summed E-state index contributed by atoms with van der Waals surface area (Å²) in [5.41, 5.74) is 0.604. The fraction of sp³-hybridized carbons (Fsp3) is 0.545. The zero-order valence-corrected chi connectivity index (χ0v) is 9.80. The molecule has 0 aliphatic rings. The maximum atomic E-state index is 11.7. The third-order valence-electron chi connectivity index (χ3n) is 2.25. The van der Waals surface area contributed by atoms with E-state index in [2.05, 4.69) is 5.32 Å². The van der Waals surface area contributed by atoms with Crippen LogP contribution in [0.25, 0.3) is 0 Å². The Balaban J connectivity index is 2.46. The molecule has 1 N–H and O–H groups in total. The first-order valence-electron chi connectivity index (χ1n) is 5.06. The molecule has 0 aliphatic carbocycles. The molecule has 4 heteroatoms. The molecule has 0 saturated carbocycles. The predicted molar refractivity (Wildman–Crippen MR) is 60.3 cm³/mol. The maximum absolute atomic E-state index is 11.7. The molecule has 1 heterocycles. The van der Waals surface area contributed by atoms with E-state index in [1.807, 2.05) is 6.92 Å². The van der Waals surface area contributed by atoms with Crippen LogP contribution in [0.1, 0.15) is 35.9 Å². The van der Waals surface area contributed by atoms with Crippen LogP contribution in [-0.4, -0.2) is 17.8 Å². The minimum Gasteiger partial charge on any atom is -0.469 e. The average Bonchev–Trinajstić information content (AvgIpc) is 2.61. The molecule has 0 aliphatic heterocycles. The molecule has 0 aromatic carbocycles. The lowest BCUT2D eigenvalue weighted by atomic mass is 10.1. The molecule has 1 aromatic rings.